The predicted molar refractivity (Wildman–Crippen MR) is 141 cm³/mol. The zero-order valence-electron chi connectivity index (χ0n) is 20.4. The number of nitrogens with one attached hydrogen (secondary N) is 1. The number of aryl methyl sites for hydroxylation is 1. The molecule has 3 aromatic rings. The summed E-state index contributed by atoms with van der Waals surface area (Å²) in [6, 6.07) is 12.0. The first-order valence-electron chi connectivity index (χ1n) is 12.7. The van der Waals surface area contributed by atoms with Gasteiger partial charge >= 0.3 is 0 Å². The molecular formula is C29H33N5O. The van der Waals surface area contributed by atoms with Crippen LogP contribution in [0.3, 0.4) is 0 Å². The van der Waals surface area contributed by atoms with Crippen LogP contribution in [0.1, 0.15) is 67.1 Å². The van der Waals surface area contributed by atoms with E-state index in [1.165, 1.54) is 44.3 Å². The van der Waals surface area contributed by atoms with Gasteiger partial charge in [0.25, 0.3) is 5.56 Å². The molecule has 1 aromatic carbocycles. The minimum absolute atomic E-state index is 0.0423. The molecule has 0 bridgehead atoms. The molecule has 6 heteroatoms. The monoisotopic (exact) mass is 467 g/mol. The van der Waals surface area contributed by atoms with Gasteiger partial charge in [-0.3, -0.25) is 14.7 Å². The molecule has 0 amide bonds. The van der Waals surface area contributed by atoms with Crippen LogP contribution < -0.4 is 5.56 Å². The number of rotatable bonds is 7. The average molecular weight is 468 g/mol. The third kappa shape index (κ3) is 5.49. The summed E-state index contributed by atoms with van der Waals surface area (Å²) in [7, 11) is 0. The molecule has 3 heterocycles. The van der Waals surface area contributed by atoms with Crippen molar-refractivity contribution in [1.29, 1.82) is 5.41 Å². The van der Waals surface area contributed by atoms with Crippen LogP contribution in [-0.4, -0.2) is 38.2 Å². The topological polar surface area (TPSA) is 74.9 Å². The third-order valence-corrected chi connectivity index (χ3v) is 7.22. The minimum Gasteiger partial charge on any atom is -0.312 e. The van der Waals surface area contributed by atoms with Crippen LogP contribution in [0.2, 0.25) is 0 Å². The lowest BCUT2D eigenvalue weighted by molar-refractivity contribution is 0.331. The molecule has 0 spiro atoms. The van der Waals surface area contributed by atoms with Crippen LogP contribution in [0.4, 0.5) is 0 Å². The van der Waals surface area contributed by atoms with Crippen molar-refractivity contribution in [2.24, 2.45) is 0 Å². The maximum Gasteiger partial charge on any atom is 0.250 e. The summed E-state index contributed by atoms with van der Waals surface area (Å²) in [6.45, 7) is 5.27. The van der Waals surface area contributed by atoms with Gasteiger partial charge in [-0.1, -0.05) is 37.1 Å². The molecule has 1 saturated carbocycles. The summed E-state index contributed by atoms with van der Waals surface area (Å²) in [5.74, 6) is 0. The number of hydrogen-bond donors (Lipinski definition) is 1. The highest BCUT2D eigenvalue weighted by molar-refractivity contribution is 6.08. The summed E-state index contributed by atoms with van der Waals surface area (Å²) in [5, 5.41) is 8.53. The first-order chi connectivity index (χ1) is 17.1. The van der Waals surface area contributed by atoms with Gasteiger partial charge in [0.2, 0.25) is 0 Å². The quantitative estimate of drug-likeness (QED) is 0.472. The average Bonchev–Trinajstić information content (AvgIpc) is 3.59. The Balaban J connectivity index is 1.32. The lowest BCUT2D eigenvalue weighted by atomic mass is 10.1. The van der Waals surface area contributed by atoms with Gasteiger partial charge in [0, 0.05) is 30.4 Å². The maximum absolute atomic E-state index is 12.4. The van der Waals surface area contributed by atoms with Crippen molar-refractivity contribution in [3.05, 3.63) is 87.7 Å². The fraction of sp³-hybridized carbons (Fsp3) is 0.379. The minimum atomic E-state index is 0.0423. The van der Waals surface area contributed by atoms with Gasteiger partial charge < -0.3 is 9.98 Å². The first kappa shape index (κ1) is 23.4. The van der Waals surface area contributed by atoms with E-state index in [2.05, 4.69) is 22.0 Å². The van der Waals surface area contributed by atoms with E-state index in [1.54, 1.807) is 18.3 Å². The molecule has 1 N–H and O–H groups in total. The highest BCUT2D eigenvalue weighted by Crippen LogP contribution is 2.29. The van der Waals surface area contributed by atoms with Crippen LogP contribution in [0.15, 0.2) is 59.7 Å². The van der Waals surface area contributed by atoms with Gasteiger partial charge in [-0.2, -0.15) is 0 Å². The first-order valence-corrected chi connectivity index (χ1v) is 12.7. The second-order valence-electron chi connectivity index (χ2n) is 9.75. The molecule has 0 radical (unpaired) electrons. The Morgan fingerprint density at radius 2 is 1.80 bits per heavy atom. The number of allylic oxidation sites excluding steroid dienone is 1. The van der Waals surface area contributed by atoms with Gasteiger partial charge in [-0.05, 0) is 75.0 Å². The van der Waals surface area contributed by atoms with Crippen LogP contribution >= 0.6 is 0 Å². The molecule has 1 aliphatic carbocycles. The number of benzene rings is 1. The summed E-state index contributed by atoms with van der Waals surface area (Å²) in [5.41, 5.74) is 5.83. The van der Waals surface area contributed by atoms with E-state index in [-0.39, 0.29) is 11.6 Å². The van der Waals surface area contributed by atoms with Gasteiger partial charge in [0.1, 0.15) is 0 Å². The molecule has 2 aliphatic rings. The Hall–Kier alpha value is -3.38. The summed E-state index contributed by atoms with van der Waals surface area (Å²) in [4.78, 5) is 24.3. The van der Waals surface area contributed by atoms with Crippen molar-refractivity contribution >= 4 is 11.8 Å². The smallest absolute Gasteiger partial charge is 0.250 e. The van der Waals surface area contributed by atoms with E-state index in [9.17, 15) is 4.79 Å². The van der Waals surface area contributed by atoms with Crippen LogP contribution in [0, 0.1) is 12.3 Å². The number of aromatic nitrogens is 3. The number of nitrogens with zero attached hydrogens (tertiary/aromatic N) is 4. The molecule has 2 fully saturated rings. The molecule has 1 aliphatic heterocycles. The van der Waals surface area contributed by atoms with Crippen molar-refractivity contribution in [2.45, 2.75) is 58.0 Å². The zero-order valence-corrected chi connectivity index (χ0v) is 20.4. The molecule has 2 aromatic heterocycles. The van der Waals surface area contributed by atoms with Crippen LogP contribution in [-0.2, 0) is 6.54 Å². The molecule has 0 atom stereocenters. The largest absolute Gasteiger partial charge is 0.312 e. The van der Waals surface area contributed by atoms with E-state index in [1.807, 2.05) is 42.0 Å². The highest BCUT2D eigenvalue weighted by atomic mass is 16.1. The third-order valence-electron chi connectivity index (χ3n) is 7.22. The molecular weight excluding hydrogens is 434 g/mol. The van der Waals surface area contributed by atoms with Crippen molar-refractivity contribution in [1.82, 2.24) is 19.4 Å². The van der Waals surface area contributed by atoms with Gasteiger partial charge in [0.05, 0.1) is 29.0 Å². The van der Waals surface area contributed by atoms with Crippen molar-refractivity contribution in [2.75, 3.05) is 13.1 Å². The van der Waals surface area contributed by atoms with E-state index in [0.717, 1.165) is 47.6 Å². The zero-order chi connectivity index (χ0) is 24.2. The molecule has 1 saturated heterocycles. The standard InChI is InChI=1S/C29H33N5O/c1-21-27(14-13-26(30)23-10-8-22(9-11-23)19-33-16-4-5-17-33)32-28(18-31-21)24-12-15-29(35)34(20-24)25-6-2-3-7-25/h8-15,18,20,25,30H,2-7,16-17,19H2,1H3/b14-13+,30-26?. The summed E-state index contributed by atoms with van der Waals surface area (Å²) < 4.78 is 1.86. The molecule has 180 valence electrons. The Kier molecular flexibility index (Phi) is 7.00. The fourth-order valence-corrected chi connectivity index (χ4v) is 5.13. The van der Waals surface area contributed by atoms with E-state index in [0.29, 0.717) is 5.71 Å². The van der Waals surface area contributed by atoms with Crippen molar-refractivity contribution < 1.29 is 0 Å². The lowest BCUT2D eigenvalue weighted by Gasteiger charge is -2.15. The van der Waals surface area contributed by atoms with Crippen molar-refractivity contribution in [3.63, 3.8) is 0 Å². The van der Waals surface area contributed by atoms with Gasteiger partial charge in [-0.15, -0.1) is 0 Å². The van der Waals surface area contributed by atoms with E-state index in [4.69, 9.17) is 10.4 Å². The predicted octanol–water partition coefficient (Wildman–Crippen LogP) is 5.41. The maximum atomic E-state index is 12.4. The Morgan fingerprint density at radius 1 is 1.06 bits per heavy atom. The van der Waals surface area contributed by atoms with Crippen molar-refractivity contribution in [3.8, 4) is 11.3 Å². The number of hydrogen-bond acceptors (Lipinski definition) is 5. The highest BCUT2D eigenvalue weighted by Gasteiger charge is 2.18. The molecule has 6 nitrogen and oxygen atoms in total. The SMILES string of the molecule is Cc1ncc(-c2ccc(=O)n(C3CCCC3)c2)nc1/C=C/C(=N)c1ccc(CN2CCCC2)cc1. The Bertz CT molecular complexity index is 1280. The molecule has 0 unspecified atom stereocenters. The fourth-order valence-electron chi connectivity index (χ4n) is 5.13. The normalized spacial score (nSPS) is 16.9. The van der Waals surface area contributed by atoms with Gasteiger partial charge in [-0.25, -0.2) is 4.98 Å². The number of pyridine rings is 1. The summed E-state index contributed by atoms with van der Waals surface area (Å²) >= 11 is 0. The second kappa shape index (κ2) is 10.5. The Morgan fingerprint density at radius 3 is 2.54 bits per heavy atom. The van der Waals surface area contributed by atoms with Crippen LogP contribution in [0.5, 0.6) is 0 Å². The molecule has 5 rings (SSSR count). The van der Waals surface area contributed by atoms with E-state index >= 15 is 0 Å². The Labute approximate surface area is 206 Å². The van der Waals surface area contributed by atoms with Gasteiger partial charge in [0.15, 0.2) is 0 Å². The molecule has 35 heavy (non-hydrogen) atoms. The van der Waals surface area contributed by atoms with E-state index < -0.39 is 0 Å². The van der Waals surface area contributed by atoms with Crippen LogP contribution in [0.25, 0.3) is 17.3 Å². The lowest BCUT2D eigenvalue weighted by Crippen LogP contribution is -2.22. The summed E-state index contributed by atoms with van der Waals surface area (Å²) in [6.07, 6.45) is 14.4. The second-order valence-corrected chi connectivity index (χ2v) is 9.75. The number of likely N-dealkylation sites (tertiary alicyclic amines) is 1.